The lowest BCUT2D eigenvalue weighted by molar-refractivity contribution is -0.160. The molecule has 18 N–H and O–H groups in total. The molecule has 92 heavy (non-hydrogen) atoms. The van der Waals surface area contributed by atoms with Crippen LogP contribution in [0.2, 0.25) is 0 Å². The Labute approximate surface area is 540 Å². The predicted molar refractivity (Wildman–Crippen MR) is 332 cm³/mol. The first kappa shape index (κ1) is 87.2. The Kier molecular flexibility index (Phi) is 49.7. The van der Waals surface area contributed by atoms with Crippen LogP contribution in [0.1, 0.15) is 176 Å². The number of nitrogens with zero attached hydrogens (tertiary/aromatic N) is 1. The Bertz CT molecular complexity index is 1990. The minimum Gasteiger partial charge on any atom is -0.396 e. The average molecular weight is 1330 g/mol. The van der Waals surface area contributed by atoms with E-state index in [1.807, 2.05) is 13.8 Å². The molecular weight excluding hydrogens is 1210 g/mol. The highest BCUT2D eigenvalue weighted by atomic mass is 16.6. The van der Waals surface area contributed by atoms with Crippen LogP contribution >= 0.6 is 0 Å². The molecule has 0 aliphatic rings. The van der Waals surface area contributed by atoms with Gasteiger partial charge in [-0.3, -0.25) is 48.1 Å². The molecule has 0 aliphatic carbocycles. The summed E-state index contributed by atoms with van der Waals surface area (Å²) in [4.78, 5) is 116. The largest absolute Gasteiger partial charge is 0.396 e. The van der Waals surface area contributed by atoms with Crippen LogP contribution in [0.15, 0.2) is 0 Å². The molecule has 0 spiro atoms. The Morgan fingerprint density at radius 2 is 0.707 bits per heavy atom. The molecule has 6 amide bonds. The molecule has 0 aromatic carbocycles. The summed E-state index contributed by atoms with van der Waals surface area (Å²) in [7, 11) is 0. The van der Waals surface area contributed by atoms with Gasteiger partial charge in [-0.1, -0.05) is 13.8 Å². The van der Waals surface area contributed by atoms with Gasteiger partial charge in [0.15, 0.2) is 18.9 Å². The molecule has 13 unspecified atom stereocenters. The number of carbonyl (C=O) groups excluding carboxylic acids is 9. The number of amides is 6. The maximum absolute atomic E-state index is 14.0. The maximum Gasteiger partial charge on any atom is 0.237 e. The second-order valence-electron chi connectivity index (χ2n) is 23.6. The predicted octanol–water partition coefficient (Wildman–Crippen LogP) is -3.39. The van der Waals surface area contributed by atoms with Crippen molar-refractivity contribution in [3.8, 4) is 0 Å². The van der Waals surface area contributed by atoms with Gasteiger partial charge in [-0.25, -0.2) is 0 Å². The van der Waals surface area contributed by atoms with Gasteiger partial charge in [-0.15, -0.1) is 0 Å². The third kappa shape index (κ3) is 41.8. The number of ether oxygens (including phenoxy) is 3. The van der Waals surface area contributed by atoms with Gasteiger partial charge in [-0.05, 0) is 109 Å². The molecule has 0 bridgehead atoms. The fourth-order valence-corrected chi connectivity index (χ4v) is 9.62. The maximum atomic E-state index is 14.0. The Morgan fingerprint density at radius 1 is 0.391 bits per heavy atom. The molecule has 0 aliphatic heterocycles. The Hall–Kier alpha value is -4.81. The SMILES string of the molecule is CC(=O)NC(C(O)OCCCCC(=O)CCCCNC(=O)CN(CC(=O)CCCCNC(=O)CCCCOC(O)C(NC(C)=O)C(O)C(O)CCO)C(CC(C)C)C(=O)NCCCCC(=O)CCCCOC(O)C(NC(C)=O)C(O)C(O)CCO)C(O)C(O)CCO. The van der Waals surface area contributed by atoms with Crippen molar-refractivity contribution in [1.29, 1.82) is 0 Å². The molecule has 0 radical (unpaired) electrons. The van der Waals surface area contributed by atoms with E-state index in [1.165, 1.54) is 4.90 Å². The summed E-state index contributed by atoms with van der Waals surface area (Å²) in [5, 5.41) is 135. The first-order chi connectivity index (χ1) is 43.6. The summed E-state index contributed by atoms with van der Waals surface area (Å²) in [6, 6.07) is -5.03. The molecule has 0 saturated heterocycles. The molecule has 0 fully saturated rings. The Morgan fingerprint density at radius 3 is 1.04 bits per heavy atom. The van der Waals surface area contributed by atoms with Crippen LogP contribution in [0, 0.1) is 5.92 Å². The van der Waals surface area contributed by atoms with E-state index >= 15 is 0 Å². The summed E-state index contributed by atoms with van der Waals surface area (Å²) >= 11 is 0. The fourth-order valence-electron chi connectivity index (χ4n) is 9.62. The monoisotopic (exact) mass is 1330 g/mol. The molecule has 0 aromatic heterocycles. The van der Waals surface area contributed by atoms with Crippen molar-refractivity contribution in [3.63, 3.8) is 0 Å². The topological polar surface area (TPSA) is 500 Å². The van der Waals surface area contributed by atoms with E-state index in [-0.39, 0.29) is 146 Å². The van der Waals surface area contributed by atoms with Crippen molar-refractivity contribution < 1.29 is 119 Å². The van der Waals surface area contributed by atoms with Crippen LogP contribution in [-0.4, -0.2) is 271 Å². The van der Waals surface area contributed by atoms with E-state index in [2.05, 4.69) is 31.9 Å². The highest BCUT2D eigenvalue weighted by molar-refractivity contribution is 5.87. The second kappa shape index (κ2) is 52.5. The summed E-state index contributed by atoms with van der Waals surface area (Å²) < 4.78 is 16.1. The molecule has 31 nitrogen and oxygen atoms in total. The minimum absolute atomic E-state index is 0.0274. The quantitative estimate of drug-likeness (QED) is 0.0209. The smallest absolute Gasteiger partial charge is 0.237 e. The van der Waals surface area contributed by atoms with Crippen LogP contribution in [0.5, 0.6) is 0 Å². The van der Waals surface area contributed by atoms with Crippen molar-refractivity contribution in [1.82, 2.24) is 36.8 Å². The normalized spacial score (nSPS) is 15.9. The van der Waals surface area contributed by atoms with Gasteiger partial charge in [0.2, 0.25) is 35.4 Å². The lowest BCUT2D eigenvalue weighted by atomic mass is 10.0. The number of ketones is 3. The molecule has 536 valence electrons. The van der Waals surface area contributed by atoms with Gasteiger partial charge in [0.1, 0.15) is 53.8 Å². The van der Waals surface area contributed by atoms with Gasteiger partial charge >= 0.3 is 0 Å². The fraction of sp³-hybridized carbons (Fsp3) is 0.852. The second-order valence-corrected chi connectivity index (χ2v) is 23.6. The van der Waals surface area contributed by atoms with Crippen LogP contribution in [0.25, 0.3) is 0 Å². The highest BCUT2D eigenvalue weighted by Gasteiger charge is 2.36. The van der Waals surface area contributed by atoms with Gasteiger partial charge < -0.3 is 107 Å². The number of nitrogens with one attached hydrogen (secondary N) is 6. The van der Waals surface area contributed by atoms with Crippen molar-refractivity contribution in [2.24, 2.45) is 5.92 Å². The number of hydrogen-bond acceptors (Lipinski definition) is 25. The van der Waals surface area contributed by atoms with E-state index in [1.54, 1.807) is 0 Å². The average Bonchev–Trinajstić information content (AvgIpc) is 1.26. The third-order valence-electron chi connectivity index (χ3n) is 14.7. The van der Waals surface area contributed by atoms with Crippen molar-refractivity contribution in [2.45, 2.75) is 256 Å². The first-order valence-electron chi connectivity index (χ1n) is 32.3. The lowest BCUT2D eigenvalue weighted by Gasteiger charge is -2.31. The summed E-state index contributed by atoms with van der Waals surface area (Å²) in [6.07, 6.45) is -8.82. The number of aliphatic hydroxyl groups is 12. The number of rotatable bonds is 59. The number of Topliss-reactive ketones (excluding diaryl/α,β-unsaturated/α-hetero) is 3. The molecule has 31 heteroatoms. The van der Waals surface area contributed by atoms with E-state index in [4.69, 9.17) is 29.5 Å². The van der Waals surface area contributed by atoms with Crippen molar-refractivity contribution in [3.05, 3.63) is 0 Å². The van der Waals surface area contributed by atoms with E-state index in [0.717, 1.165) is 20.8 Å². The first-order valence-corrected chi connectivity index (χ1v) is 32.3. The molecule has 0 heterocycles. The third-order valence-corrected chi connectivity index (χ3v) is 14.7. The summed E-state index contributed by atoms with van der Waals surface area (Å²) in [5.41, 5.74) is 0. The standard InChI is InChI=1S/C61H113N7O24/c1-39(2)36-46(58(86)64-29-14-7-19-44(76)21-10-16-34-91-60(88)53(66-41(4)73)56(84)48(79)25-31-70)68(37-45(77)22-8-13-27-62-50(81)23-11-17-35-92-61(89)54(67-42(5)74)57(85)49(80)26-32-71)38-51(82)63-28-12-6-18-43(75)20-9-15-33-90-59(87)52(65-40(3)72)55(83)47(78)24-30-69/h39,46-49,52-57,59-61,69-71,78-80,83-85,87-89H,6-38H2,1-5H3,(H,62,81)(H,63,82)(H,64,86)(H,65,72)(H,66,73)(H,67,74). The summed E-state index contributed by atoms with van der Waals surface area (Å²) in [5.74, 6) is -3.33. The van der Waals surface area contributed by atoms with Gasteiger partial charge in [0, 0.05) is 119 Å². The number of unbranched alkanes of at least 4 members (excludes halogenated alkanes) is 6. The molecular formula is C61H113N7O24. The molecule has 13 atom stereocenters. The van der Waals surface area contributed by atoms with Crippen LogP contribution in [-0.2, 0) is 57.4 Å². The molecule has 0 aromatic rings. The van der Waals surface area contributed by atoms with Crippen LogP contribution < -0.4 is 31.9 Å². The Balaban J connectivity index is 5.50. The number of hydrogen-bond donors (Lipinski definition) is 18. The van der Waals surface area contributed by atoms with Crippen molar-refractivity contribution in [2.75, 3.05) is 72.4 Å². The van der Waals surface area contributed by atoms with Gasteiger partial charge in [0.05, 0.1) is 37.4 Å². The zero-order chi connectivity index (χ0) is 69.6. The van der Waals surface area contributed by atoms with E-state index < -0.39 is 129 Å². The molecule has 0 rings (SSSR count). The van der Waals surface area contributed by atoms with Crippen LogP contribution in [0.3, 0.4) is 0 Å². The van der Waals surface area contributed by atoms with E-state index in [9.17, 15) is 89.1 Å². The zero-order valence-corrected chi connectivity index (χ0v) is 54.6. The van der Waals surface area contributed by atoms with Gasteiger partial charge in [-0.2, -0.15) is 0 Å². The number of aliphatic hydroxyl groups excluding tert-OH is 12. The minimum atomic E-state index is -1.69. The number of carbonyl (C=O) groups is 9. The van der Waals surface area contributed by atoms with E-state index in [0.29, 0.717) is 77.0 Å². The van der Waals surface area contributed by atoms with Gasteiger partial charge in [0.25, 0.3) is 0 Å². The zero-order valence-electron chi connectivity index (χ0n) is 54.6. The lowest BCUT2D eigenvalue weighted by Crippen LogP contribution is -2.55. The highest BCUT2D eigenvalue weighted by Crippen LogP contribution is 2.17. The molecule has 0 saturated carbocycles. The van der Waals surface area contributed by atoms with Crippen molar-refractivity contribution >= 4 is 52.8 Å². The summed E-state index contributed by atoms with van der Waals surface area (Å²) in [6.45, 7) is 5.93. The van der Waals surface area contributed by atoms with Crippen LogP contribution in [0.4, 0.5) is 0 Å².